The SMILES string of the molecule is CNCc1ccc(OC)c(OCC2CCCCC2)c1. The number of rotatable bonds is 6. The zero-order valence-corrected chi connectivity index (χ0v) is 12.1. The van der Waals surface area contributed by atoms with Gasteiger partial charge in [-0.15, -0.1) is 0 Å². The van der Waals surface area contributed by atoms with Crippen LogP contribution in [0, 0.1) is 5.92 Å². The molecule has 1 saturated carbocycles. The Morgan fingerprint density at radius 3 is 2.63 bits per heavy atom. The number of hydrogen-bond acceptors (Lipinski definition) is 3. The van der Waals surface area contributed by atoms with Crippen LogP contribution < -0.4 is 14.8 Å². The minimum absolute atomic E-state index is 0.714. The van der Waals surface area contributed by atoms with E-state index >= 15 is 0 Å². The second-order valence-corrected chi connectivity index (χ2v) is 5.33. The maximum Gasteiger partial charge on any atom is 0.161 e. The molecule has 3 heteroatoms. The second kappa shape index (κ2) is 7.39. The fraction of sp³-hybridized carbons (Fsp3) is 0.625. The monoisotopic (exact) mass is 263 g/mol. The minimum atomic E-state index is 0.714. The highest BCUT2D eigenvalue weighted by Crippen LogP contribution is 2.30. The third-order valence-electron chi connectivity index (χ3n) is 3.81. The molecule has 0 amide bonds. The maximum atomic E-state index is 6.00. The molecule has 0 radical (unpaired) electrons. The molecule has 0 bridgehead atoms. The summed E-state index contributed by atoms with van der Waals surface area (Å²) in [5.41, 5.74) is 1.22. The molecule has 1 aliphatic carbocycles. The Kier molecular flexibility index (Phi) is 5.52. The Labute approximate surface area is 116 Å². The summed E-state index contributed by atoms with van der Waals surface area (Å²) in [6.07, 6.45) is 6.70. The van der Waals surface area contributed by atoms with Gasteiger partial charge in [0.15, 0.2) is 11.5 Å². The van der Waals surface area contributed by atoms with Gasteiger partial charge in [0.1, 0.15) is 0 Å². The van der Waals surface area contributed by atoms with E-state index in [0.717, 1.165) is 24.7 Å². The first-order valence-corrected chi connectivity index (χ1v) is 7.28. The molecule has 0 aliphatic heterocycles. The number of ether oxygens (including phenoxy) is 2. The lowest BCUT2D eigenvalue weighted by Crippen LogP contribution is -2.15. The summed E-state index contributed by atoms with van der Waals surface area (Å²) in [4.78, 5) is 0. The van der Waals surface area contributed by atoms with E-state index in [1.165, 1.54) is 37.7 Å². The molecule has 1 fully saturated rings. The fourth-order valence-electron chi connectivity index (χ4n) is 2.71. The van der Waals surface area contributed by atoms with Crippen LogP contribution in [0.1, 0.15) is 37.7 Å². The van der Waals surface area contributed by atoms with Gasteiger partial charge >= 0.3 is 0 Å². The van der Waals surface area contributed by atoms with E-state index < -0.39 is 0 Å². The molecule has 1 aromatic carbocycles. The predicted molar refractivity (Wildman–Crippen MR) is 77.8 cm³/mol. The van der Waals surface area contributed by atoms with Crippen molar-refractivity contribution in [3.63, 3.8) is 0 Å². The van der Waals surface area contributed by atoms with Crippen LogP contribution in [0.3, 0.4) is 0 Å². The first-order valence-electron chi connectivity index (χ1n) is 7.28. The maximum absolute atomic E-state index is 6.00. The van der Waals surface area contributed by atoms with Gasteiger partial charge in [0.2, 0.25) is 0 Å². The van der Waals surface area contributed by atoms with Crippen LogP contribution in [0.15, 0.2) is 18.2 Å². The van der Waals surface area contributed by atoms with E-state index in [1.54, 1.807) is 7.11 Å². The topological polar surface area (TPSA) is 30.5 Å². The summed E-state index contributed by atoms with van der Waals surface area (Å²) >= 11 is 0. The highest BCUT2D eigenvalue weighted by atomic mass is 16.5. The molecule has 106 valence electrons. The average molecular weight is 263 g/mol. The standard InChI is InChI=1S/C16H25NO2/c1-17-11-14-8-9-15(18-2)16(10-14)19-12-13-6-4-3-5-7-13/h8-10,13,17H,3-7,11-12H2,1-2H3. The van der Waals surface area contributed by atoms with Gasteiger partial charge < -0.3 is 14.8 Å². The fourth-order valence-corrected chi connectivity index (χ4v) is 2.71. The quantitative estimate of drug-likeness (QED) is 0.853. The van der Waals surface area contributed by atoms with E-state index in [0.29, 0.717) is 5.92 Å². The lowest BCUT2D eigenvalue weighted by molar-refractivity contribution is 0.202. The van der Waals surface area contributed by atoms with Gasteiger partial charge in [0.05, 0.1) is 13.7 Å². The Bertz CT molecular complexity index is 386. The number of nitrogens with one attached hydrogen (secondary N) is 1. The van der Waals surface area contributed by atoms with Gasteiger partial charge in [-0.2, -0.15) is 0 Å². The molecule has 0 atom stereocenters. The van der Waals surface area contributed by atoms with Crippen LogP contribution in [0.5, 0.6) is 11.5 Å². The van der Waals surface area contributed by atoms with E-state index in [1.807, 2.05) is 13.1 Å². The van der Waals surface area contributed by atoms with Crippen molar-refractivity contribution >= 4 is 0 Å². The third-order valence-corrected chi connectivity index (χ3v) is 3.81. The van der Waals surface area contributed by atoms with Crippen molar-refractivity contribution < 1.29 is 9.47 Å². The van der Waals surface area contributed by atoms with Gasteiger partial charge in [-0.25, -0.2) is 0 Å². The lowest BCUT2D eigenvalue weighted by Gasteiger charge is -2.22. The molecule has 1 aliphatic rings. The summed E-state index contributed by atoms with van der Waals surface area (Å²) in [7, 11) is 3.65. The van der Waals surface area contributed by atoms with E-state index in [-0.39, 0.29) is 0 Å². The zero-order chi connectivity index (χ0) is 13.5. The zero-order valence-electron chi connectivity index (χ0n) is 12.1. The highest BCUT2D eigenvalue weighted by Gasteiger charge is 2.15. The van der Waals surface area contributed by atoms with Crippen LogP contribution in [0.2, 0.25) is 0 Å². The summed E-state index contributed by atoms with van der Waals surface area (Å²) in [5.74, 6) is 2.42. The van der Waals surface area contributed by atoms with Crippen LogP contribution in [-0.2, 0) is 6.54 Å². The minimum Gasteiger partial charge on any atom is -0.493 e. The normalized spacial score (nSPS) is 16.3. The Morgan fingerprint density at radius 1 is 1.16 bits per heavy atom. The van der Waals surface area contributed by atoms with Crippen molar-refractivity contribution in [2.75, 3.05) is 20.8 Å². The molecule has 1 N–H and O–H groups in total. The molecule has 19 heavy (non-hydrogen) atoms. The molecule has 0 spiro atoms. The largest absolute Gasteiger partial charge is 0.493 e. The molecule has 0 aromatic heterocycles. The summed E-state index contributed by atoms with van der Waals surface area (Å²) in [6.45, 7) is 1.67. The number of benzene rings is 1. The molecule has 0 saturated heterocycles. The number of methoxy groups -OCH3 is 1. The average Bonchev–Trinajstić information content (AvgIpc) is 2.47. The van der Waals surface area contributed by atoms with Crippen molar-refractivity contribution in [3.05, 3.63) is 23.8 Å². The Morgan fingerprint density at radius 2 is 1.95 bits per heavy atom. The third kappa shape index (κ3) is 4.13. The Hall–Kier alpha value is -1.22. The molecule has 3 nitrogen and oxygen atoms in total. The van der Waals surface area contributed by atoms with Crippen molar-refractivity contribution in [3.8, 4) is 11.5 Å². The molecular formula is C16H25NO2. The van der Waals surface area contributed by atoms with E-state index in [2.05, 4.69) is 17.4 Å². The van der Waals surface area contributed by atoms with Crippen molar-refractivity contribution in [2.45, 2.75) is 38.6 Å². The lowest BCUT2D eigenvalue weighted by atomic mass is 9.90. The van der Waals surface area contributed by atoms with Crippen LogP contribution in [0.4, 0.5) is 0 Å². The van der Waals surface area contributed by atoms with E-state index in [9.17, 15) is 0 Å². The summed E-state index contributed by atoms with van der Waals surface area (Å²) in [5, 5.41) is 3.16. The van der Waals surface area contributed by atoms with Gasteiger partial charge in [-0.05, 0) is 43.5 Å². The highest BCUT2D eigenvalue weighted by molar-refractivity contribution is 5.42. The van der Waals surface area contributed by atoms with Crippen molar-refractivity contribution in [2.24, 2.45) is 5.92 Å². The van der Waals surface area contributed by atoms with Gasteiger partial charge in [-0.1, -0.05) is 25.3 Å². The first-order chi connectivity index (χ1) is 9.33. The van der Waals surface area contributed by atoms with Gasteiger partial charge in [-0.3, -0.25) is 0 Å². The van der Waals surface area contributed by atoms with Crippen LogP contribution in [-0.4, -0.2) is 20.8 Å². The second-order valence-electron chi connectivity index (χ2n) is 5.33. The molecular weight excluding hydrogens is 238 g/mol. The van der Waals surface area contributed by atoms with E-state index in [4.69, 9.17) is 9.47 Å². The first kappa shape index (κ1) is 14.2. The Balaban J connectivity index is 1.97. The van der Waals surface area contributed by atoms with Gasteiger partial charge in [0.25, 0.3) is 0 Å². The molecule has 0 heterocycles. The smallest absolute Gasteiger partial charge is 0.161 e. The van der Waals surface area contributed by atoms with Crippen molar-refractivity contribution in [1.29, 1.82) is 0 Å². The van der Waals surface area contributed by atoms with Crippen LogP contribution >= 0.6 is 0 Å². The summed E-state index contributed by atoms with van der Waals surface area (Å²) < 4.78 is 11.4. The molecule has 1 aromatic rings. The van der Waals surface area contributed by atoms with Crippen LogP contribution in [0.25, 0.3) is 0 Å². The molecule has 2 rings (SSSR count). The van der Waals surface area contributed by atoms with Crippen molar-refractivity contribution in [1.82, 2.24) is 5.32 Å². The predicted octanol–water partition coefficient (Wildman–Crippen LogP) is 3.37. The van der Waals surface area contributed by atoms with Gasteiger partial charge in [0, 0.05) is 6.54 Å². The molecule has 0 unspecified atom stereocenters. The number of hydrogen-bond donors (Lipinski definition) is 1. The summed E-state index contributed by atoms with van der Waals surface area (Å²) in [6, 6.07) is 6.14.